The van der Waals surface area contributed by atoms with E-state index in [1.54, 1.807) is 11.0 Å². The van der Waals surface area contributed by atoms with Crippen molar-refractivity contribution in [1.29, 1.82) is 0 Å². The number of carbonyl (C=O) groups excluding carboxylic acids is 2. The maximum Gasteiger partial charge on any atom is 0.348 e. The smallest absolute Gasteiger partial charge is 0.348 e. The Bertz CT molecular complexity index is 952. The number of hydrogen-bond acceptors (Lipinski definition) is 5. The van der Waals surface area contributed by atoms with E-state index in [9.17, 15) is 19.5 Å². The first-order valence-electron chi connectivity index (χ1n) is 10.6. The van der Waals surface area contributed by atoms with Gasteiger partial charge in [-0.1, -0.05) is 37.3 Å². The number of benzene rings is 1. The van der Waals surface area contributed by atoms with Crippen molar-refractivity contribution in [3.8, 4) is 10.4 Å². The first-order chi connectivity index (χ1) is 14.7. The molecular formula is C24H29NO5S. The number of ether oxygens (including phenoxy) is 1. The van der Waals surface area contributed by atoms with Gasteiger partial charge in [-0.15, -0.1) is 11.3 Å². The van der Waals surface area contributed by atoms with Crippen molar-refractivity contribution < 1.29 is 24.2 Å². The maximum absolute atomic E-state index is 13.7. The van der Waals surface area contributed by atoms with Crippen LogP contribution in [0.4, 0.5) is 5.69 Å². The van der Waals surface area contributed by atoms with Crippen molar-refractivity contribution in [2.24, 2.45) is 11.8 Å². The summed E-state index contributed by atoms with van der Waals surface area (Å²) in [6, 6.07) is 11.1. The molecule has 0 aliphatic heterocycles. The Balaban J connectivity index is 2.01. The average Bonchev–Trinajstić information content (AvgIpc) is 3.13. The number of nitrogens with zero attached hydrogens (tertiary/aromatic N) is 1. The second-order valence-corrected chi connectivity index (χ2v) is 9.52. The molecule has 0 bridgehead atoms. The first kappa shape index (κ1) is 23.0. The lowest BCUT2D eigenvalue weighted by atomic mass is 9.79. The summed E-state index contributed by atoms with van der Waals surface area (Å²) >= 11 is 1.16. The van der Waals surface area contributed by atoms with Crippen molar-refractivity contribution in [3.63, 3.8) is 0 Å². The van der Waals surface area contributed by atoms with E-state index in [1.165, 1.54) is 6.92 Å². The average molecular weight is 444 g/mol. The molecule has 1 N–H and O–H groups in total. The van der Waals surface area contributed by atoms with Crippen molar-refractivity contribution in [2.45, 2.75) is 59.1 Å². The molecule has 1 aliphatic carbocycles. The number of aromatic carboxylic acids is 1. The highest BCUT2D eigenvalue weighted by Gasteiger charge is 2.40. The Labute approximate surface area is 186 Å². The third-order valence-corrected chi connectivity index (χ3v) is 6.83. The van der Waals surface area contributed by atoms with Crippen LogP contribution in [0.5, 0.6) is 0 Å². The zero-order chi connectivity index (χ0) is 22.7. The zero-order valence-corrected chi connectivity index (χ0v) is 19.1. The zero-order valence-electron chi connectivity index (χ0n) is 18.3. The molecule has 1 fully saturated rings. The van der Waals surface area contributed by atoms with Crippen LogP contribution in [0.3, 0.4) is 0 Å². The third-order valence-electron chi connectivity index (χ3n) is 5.67. The number of rotatable bonds is 6. The summed E-state index contributed by atoms with van der Waals surface area (Å²) in [7, 11) is 0. The SMILES string of the molecule is CC(=O)O[C@H]1C[C@H](C)CC[C@H]1C(=O)N(c1cc(-c2ccccc2)sc1C(=O)O)C(C)C. The number of thiophene rings is 1. The van der Waals surface area contributed by atoms with Gasteiger partial charge in [0.05, 0.1) is 11.6 Å². The molecule has 2 aromatic rings. The van der Waals surface area contributed by atoms with E-state index in [0.29, 0.717) is 24.4 Å². The predicted octanol–water partition coefficient (Wildman–Crippen LogP) is 5.22. The number of esters is 1. The van der Waals surface area contributed by atoms with Gasteiger partial charge >= 0.3 is 11.9 Å². The second-order valence-electron chi connectivity index (χ2n) is 8.47. The number of carbonyl (C=O) groups is 3. The predicted molar refractivity (Wildman–Crippen MR) is 121 cm³/mol. The molecule has 1 amide bonds. The van der Waals surface area contributed by atoms with Gasteiger partial charge in [-0.25, -0.2) is 4.79 Å². The van der Waals surface area contributed by atoms with E-state index < -0.39 is 24.0 Å². The molecule has 0 spiro atoms. The summed E-state index contributed by atoms with van der Waals surface area (Å²) in [6.07, 6.45) is 1.62. The van der Waals surface area contributed by atoms with Gasteiger partial charge in [0.15, 0.2) is 0 Å². The summed E-state index contributed by atoms with van der Waals surface area (Å²) in [4.78, 5) is 39.9. The topological polar surface area (TPSA) is 83.9 Å². The molecule has 0 saturated heterocycles. The highest BCUT2D eigenvalue weighted by Crippen LogP contribution is 2.40. The lowest BCUT2D eigenvalue weighted by molar-refractivity contribution is -0.154. The van der Waals surface area contributed by atoms with Gasteiger partial charge < -0.3 is 14.7 Å². The summed E-state index contributed by atoms with van der Waals surface area (Å²) in [5.74, 6) is -1.77. The molecule has 3 rings (SSSR count). The molecule has 0 radical (unpaired) electrons. The fourth-order valence-corrected chi connectivity index (χ4v) is 5.24. The van der Waals surface area contributed by atoms with Crippen molar-refractivity contribution in [1.82, 2.24) is 0 Å². The normalized spacial score (nSPS) is 21.0. The molecule has 6 nitrogen and oxygen atoms in total. The number of anilines is 1. The molecule has 1 aliphatic rings. The molecule has 1 saturated carbocycles. The van der Waals surface area contributed by atoms with Crippen LogP contribution in [0.25, 0.3) is 10.4 Å². The molecule has 166 valence electrons. The van der Waals surface area contributed by atoms with Crippen molar-refractivity contribution >= 4 is 34.9 Å². The van der Waals surface area contributed by atoms with Gasteiger partial charge in [-0.2, -0.15) is 0 Å². The van der Waals surface area contributed by atoms with Crippen molar-refractivity contribution in [3.05, 3.63) is 41.3 Å². The second kappa shape index (κ2) is 9.64. The van der Waals surface area contributed by atoms with Crippen LogP contribution >= 0.6 is 11.3 Å². The first-order valence-corrected chi connectivity index (χ1v) is 11.4. The minimum absolute atomic E-state index is 0.133. The maximum atomic E-state index is 13.7. The highest BCUT2D eigenvalue weighted by atomic mass is 32.1. The summed E-state index contributed by atoms with van der Waals surface area (Å²) in [6.45, 7) is 7.19. The van der Waals surface area contributed by atoms with E-state index >= 15 is 0 Å². The van der Waals surface area contributed by atoms with Gasteiger partial charge in [-0.3, -0.25) is 9.59 Å². The number of hydrogen-bond donors (Lipinski definition) is 1. The Morgan fingerprint density at radius 3 is 2.42 bits per heavy atom. The van der Waals surface area contributed by atoms with Crippen LogP contribution in [-0.2, 0) is 14.3 Å². The van der Waals surface area contributed by atoms with Crippen LogP contribution < -0.4 is 4.90 Å². The number of carboxylic acids is 1. The Kier molecular flexibility index (Phi) is 7.15. The molecule has 1 aromatic heterocycles. The third kappa shape index (κ3) is 5.15. The van der Waals surface area contributed by atoms with Gasteiger partial charge in [0.2, 0.25) is 5.91 Å². The van der Waals surface area contributed by atoms with E-state index in [0.717, 1.165) is 28.2 Å². The van der Waals surface area contributed by atoms with Crippen molar-refractivity contribution in [2.75, 3.05) is 4.90 Å². The minimum Gasteiger partial charge on any atom is -0.477 e. The quantitative estimate of drug-likeness (QED) is 0.619. The molecule has 31 heavy (non-hydrogen) atoms. The number of carboxylic acid groups (broad SMARTS) is 1. The summed E-state index contributed by atoms with van der Waals surface area (Å²) in [5.41, 5.74) is 1.30. The largest absolute Gasteiger partial charge is 0.477 e. The fraction of sp³-hybridized carbons (Fsp3) is 0.458. The molecule has 0 unspecified atom stereocenters. The Morgan fingerprint density at radius 1 is 1.16 bits per heavy atom. The summed E-state index contributed by atoms with van der Waals surface area (Å²) in [5, 5.41) is 9.86. The van der Waals surface area contributed by atoms with Crippen LogP contribution in [0.15, 0.2) is 36.4 Å². The van der Waals surface area contributed by atoms with E-state index in [-0.39, 0.29) is 16.8 Å². The van der Waals surface area contributed by atoms with Gasteiger partial charge in [0.1, 0.15) is 11.0 Å². The molecule has 1 heterocycles. The fourth-order valence-electron chi connectivity index (χ4n) is 4.24. The standard InChI is InChI=1S/C24H29NO5S/c1-14(2)25(23(27)18-11-10-15(3)12-20(18)30-16(4)26)19-13-21(31-22(19)24(28)29)17-8-6-5-7-9-17/h5-9,13-15,18,20H,10-12H2,1-4H3,(H,28,29)/t15-,18-,20+/m1/s1. The lowest BCUT2D eigenvalue weighted by Gasteiger charge is -2.37. The van der Waals surface area contributed by atoms with Crippen LogP contribution in [-0.4, -0.2) is 35.1 Å². The monoisotopic (exact) mass is 443 g/mol. The molecule has 1 aromatic carbocycles. The molecule has 7 heteroatoms. The van der Waals surface area contributed by atoms with Gasteiger partial charge in [-0.05, 0) is 50.7 Å². The molecular weight excluding hydrogens is 414 g/mol. The van der Waals surface area contributed by atoms with Gasteiger partial charge in [0.25, 0.3) is 0 Å². The van der Waals surface area contributed by atoms with Gasteiger partial charge in [0, 0.05) is 17.8 Å². The van der Waals surface area contributed by atoms with Crippen LogP contribution in [0, 0.1) is 11.8 Å². The Morgan fingerprint density at radius 2 is 1.84 bits per heavy atom. The lowest BCUT2D eigenvalue weighted by Crippen LogP contribution is -2.48. The molecule has 3 atom stereocenters. The van der Waals surface area contributed by atoms with Crippen LogP contribution in [0.2, 0.25) is 0 Å². The van der Waals surface area contributed by atoms with E-state index in [2.05, 4.69) is 6.92 Å². The van der Waals surface area contributed by atoms with E-state index in [1.807, 2.05) is 44.2 Å². The minimum atomic E-state index is -1.06. The Hall–Kier alpha value is -2.67. The highest BCUT2D eigenvalue weighted by molar-refractivity contribution is 7.18. The van der Waals surface area contributed by atoms with Crippen LogP contribution in [0.1, 0.15) is 56.6 Å². The number of amides is 1. The van der Waals surface area contributed by atoms with E-state index in [4.69, 9.17) is 4.74 Å². The summed E-state index contributed by atoms with van der Waals surface area (Å²) < 4.78 is 5.51.